The van der Waals surface area contributed by atoms with Crippen LogP contribution in [0, 0.1) is 3.57 Å². The van der Waals surface area contributed by atoms with Gasteiger partial charge in [0, 0.05) is 10.7 Å². The second-order valence-corrected chi connectivity index (χ2v) is 3.86. The van der Waals surface area contributed by atoms with Gasteiger partial charge in [-0.05, 0) is 34.2 Å². The minimum atomic E-state index is 0.343. The molecule has 1 aromatic carbocycles. The molecule has 0 aliphatic carbocycles. The highest BCUT2D eigenvalue weighted by Gasteiger charge is 1.91. The SMILES string of the molecule is COCOCC=Cc1ccccc1I. The van der Waals surface area contributed by atoms with E-state index in [4.69, 9.17) is 9.47 Å². The van der Waals surface area contributed by atoms with Crippen LogP contribution in [0.15, 0.2) is 30.3 Å². The number of ether oxygens (including phenoxy) is 2. The fraction of sp³-hybridized carbons (Fsp3) is 0.273. The Labute approximate surface area is 98.1 Å². The van der Waals surface area contributed by atoms with E-state index in [2.05, 4.69) is 40.8 Å². The van der Waals surface area contributed by atoms with Gasteiger partial charge in [0.15, 0.2) is 0 Å². The lowest BCUT2D eigenvalue weighted by atomic mass is 10.2. The number of hydrogen-bond acceptors (Lipinski definition) is 2. The van der Waals surface area contributed by atoms with Gasteiger partial charge in [0.1, 0.15) is 6.79 Å². The zero-order valence-electron chi connectivity index (χ0n) is 8.07. The van der Waals surface area contributed by atoms with Crippen molar-refractivity contribution < 1.29 is 9.47 Å². The van der Waals surface area contributed by atoms with Gasteiger partial charge in [-0.15, -0.1) is 0 Å². The van der Waals surface area contributed by atoms with E-state index in [0.717, 1.165) is 0 Å². The molecule has 0 aliphatic rings. The number of methoxy groups -OCH3 is 1. The Bertz CT molecular complexity index is 297. The van der Waals surface area contributed by atoms with E-state index in [0.29, 0.717) is 13.4 Å². The molecule has 2 nitrogen and oxygen atoms in total. The highest BCUT2D eigenvalue weighted by molar-refractivity contribution is 14.1. The Morgan fingerprint density at radius 1 is 1.36 bits per heavy atom. The Morgan fingerprint density at radius 3 is 2.86 bits per heavy atom. The fourth-order valence-corrected chi connectivity index (χ4v) is 1.55. The standard InChI is InChI=1S/C11H13IO2/c1-13-9-14-8-4-6-10-5-2-3-7-11(10)12/h2-7H,8-9H2,1H3. The van der Waals surface area contributed by atoms with Crippen molar-refractivity contribution in [2.75, 3.05) is 20.5 Å². The molecule has 14 heavy (non-hydrogen) atoms. The summed E-state index contributed by atoms with van der Waals surface area (Å²) >= 11 is 2.31. The maximum atomic E-state index is 5.13. The summed E-state index contributed by atoms with van der Waals surface area (Å²) in [6.07, 6.45) is 4.04. The van der Waals surface area contributed by atoms with Gasteiger partial charge in [-0.3, -0.25) is 0 Å². The summed E-state index contributed by atoms with van der Waals surface area (Å²) in [6.45, 7) is 0.926. The van der Waals surface area contributed by atoms with Crippen molar-refractivity contribution in [3.63, 3.8) is 0 Å². The van der Waals surface area contributed by atoms with Gasteiger partial charge in [-0.25, -0.2) is 0 Å². The number of halogens is 1. The van der Waals surface area contributed by atoms with E-state index in [-0.39, 0.29) is 0 Å². The van der Waals surface area contributed by atoms with E-state index in [1.807, 2.05) is 18.2 Å². The van der Waals surface area contributed by atoms with Crippen LogP contribution in [-0.4, -0.2) is 20.5 Å². The van der Waals surface area contributed by atoms with Crippen molar-refractivity contribution in [2.24, 2.45) is 0 Å². The van der Waals surface area contributed by atoms with Crippen LogP contribution in [0.5, 0.6) is 0 Å². The molecule has 0 saturated heterocycles. The van der Waals surface area contributed by atoms with Crippen LogP contribution in [-0.2, 0) is 9.47 Å². The molecular formula is C11H13IO2. The molecule has 1 aromatic rings. The molecule has 0 saturated carbocycles. The van der Waals surface area contributed by atoms with Crippen LogP contribution >= 0.6 is 22.6 Å². The Morgan fingerprint density at radius 2 is 2.14 bits per heavy atom. The van der Waals surface area contributed by atoms with E-state index in [9.17, 15) is 0 Å². The molecule has 0 radical (unpaired) electrons. The minimum Gasteiger partial charge on any atom is -0.359 e. The van der Waals surface area contributed by atoms with Gasteiger partial charge < -0.3 is 9.47 Å². The number of rotatable bonds is 5. The first kappa shape index (κ1) is 11.7. The normalized spacial score (nSPS) is 11.0. The maximum Gasteiger partial charge on any atom is 0.146 e. The molecule has 1 rings (SSSR count). The summed E-state index contributed by atoms with van der Waals surface area (Å²) in [5.41, 5.74) is 1.22. The molecule has 0 unspecified atom stereocenters. The van der Waals surface area contributed by atoms with Crippen LogP contribution < -0.4 is 0 Å². The third kappa shape index (κ3) is 4.21. The van der Waals surface area contributed by atoms with Gasteiger partial charge in [0.2, 0.25) is 0 Å². The third-order valence-corrected chi connectivity index (χ3v) is 2.60. The third-order valence-electron chi connectivity index (χ3n) is 1.62. The zero-order chi connectivity index (χ0) is 10.2. The number of hydrogen-bond donors (Lipinski definition) is 0. The first-order valence-electron chi connectivity index (χ1n) is 4.32. The summed E-state index contributed by atoms with van der Waals surface area (Å²) in [4.78, 5) is 0. The summed E-state index contributed by atoms with van der Waals surface area (Å²) < 4.78 is 11.1. The van der Waals surface area contributed by atoms with E-state index >= 15 is 0 Å². The first-order chi connectivity index (χ1) is 6.84. The van der Waals surface area contributed by atoms with Crippen molar-refractivity contribution in [1.29, 1.82) is 0 Å². The molecule has 3 heteroatoms. The van der Waals surface area contributed by atoms with Gasteiger partial charge in [0.05, 0.1) is 6.61 Å². The van der Waals surface area contributed by atoms with E-state index < -0.39 is 0 Å². The quantitative estimate of drug-likeness (QED) is 0.473. The smallest absolute Gasteiger partial charge is 0.146 e. The fourth-order valence-electron chi connectivity index (χ4n) is 0.985. The number of benzene rings is 1. The van der Waals surface area contributed by atoms with Crippen molar-refractivity contribution in [3.05, 3.63) is 39.5 Å². The van der Waals surface area contributed by atoms with Crippen LogP contribution in [0.4, 0.5) is 0 Å². The minimum absolute atomic E-state index is 0.343. The highest BCUT2D eigenvalue weighted by atomic mass is 127. The summed E-state index contributed by atoms with van der Waals surface area (Å²) in [5.74, 6) is 0. The van der Waals surface area contributed by atoms with Crippen LogP contribution in [0.3, 0.4) is 0 Å². The predicted octanol–water partition coefficient (Wildman–Crippen LogP) is 2.92. The predicted molar refractivity (Wildman–Crippen MR) is 66.0 cm³/mol. The second kappa shape index (κ2) is 6.98. The van der Waals surface area contributed by atoms with Crippen LogP contribution in [0.25, 0.3) is 6.08 Å². The Balaban J connectivity index is 2.40. The topological polar surface area (TPSA) is 18.5 Å². The molecule has 0 N–H and O–H groups in total. The first-order valence-corrected chi connectivity index (χ1v) is 5.40. The lowest BCUT2D eigenvalue weighted by Crippen LogP contribution is -1.95. The average molecular weight is 304 g/mol. The molecule has 0 aliphatic heterocycles. The monoisotopic (exact) mass is 304 g/mol. The van der Waals surface area contributed by atoms with Crippen molar-refractivity contribution in [2.45, 2.75) is 0 Å². The Kier molecular flexibility index (Phi) is 5.82. The summed E-state index contributed by atoms with van der Waals surface area (Å²) in [5, 5.41) is 0. The van der Waals surface area contributed by atoms with Crippen molar-refractivity contribution >= 4 is 28.7 Å². The molecule has 0 spiro atoms. The van der Waals surface area contributed by atoms with Crippen molar-refractivity contribution in [1.82, 2.24) is 0 Å². The maximum absolute atomic E-state index is 5.13. The zero-order valence-corrected chi connectivity index (χ0v) is 10.2. The summed E-state index contributed by atoms with van der Waals surface area (Å²) in [7, 11) is 1.61. The van der Waals surface area contributed by atoms with Crippen molar-refractivity contribution in [3.8, 4) is 0 Å². The molecule has 0 bridgehead atoms. The van der Waals surface area contributed by atoms with E-state index in [1.54, 1.807) is 7.11 Å². The second-order valence-electron chi connectivity index (χ2n) is 2.70. The Hall–Kier alpha value is -0.390. The van der Waals surface area contributed by atoms with Gasteiger partial charge in [-0.2, -0.15) is 0 Å². The average Bonchev–Trinajstić information content (AvgIpc) is 2.20. The molecule has 76 valence electrons. The van der Waals surface area contributed by atoms with E-state index in [1.165, 1.54) is 9.13 Å². The molecular weight excluding hydrogens is 291 g/mol. The van der Waals surface area contributed by atoms with Gasteiger partial charge in [-0.1, -0.05) is 30.4 Å². The lowest BCUT2D eigenvalue weighted by Gasteiger charge is -1.98. The summed E-state index contributed by atoms with van der Waals surface area (Å²) in [6, 6.07) is 8.21. The molecule has 0 aromatic heterocycles. The van der Waals surface area contributed by atoms with Crippen LogP contribution in [0.2, 0.25) is 0 Å². The largest absolute Gasteiger partial charge is 0.359 e. The molecule has 0 fully saturated rings. The van der Waals surface area contributed by atoms with Gasteiger partial charge in [0.25, 0.3) is 0 Å². The highest BCUT2D eigenvalue weighted by Crippen LogP contribution is 2.12. The molecule has 0 atom stereocenters. The molecule has 0 heterocycles. The van der Waals surface area contributed by atoms with Gasteiger partial charge >= 0.3 is 0 Å². The molecule has 0 amide bonds. The van der Waals surface area contributed by atoms with Crippen LogP contribution in [0.1, 0.15) is 5.56 Å². The lowest BCUT2D eigenvalue weighted by molar-refractivity contribution is -0.0184.